The molecule has 0 bridgehead atoms. The Morgan fingerprint density at radius 3 is 2.73 bits per heavy atom. The summed E-state index contributed by atoms with van der Waals surface area (Å²) in [5.74, 6) is -0.0394. The van der Waals surface area contributed by atoms with E-state index in [0.717, 1.165) is 32.7 Å². The first-order valence-electron chi connectivity index (χ1n) is 7.19. The minimum Gasteiger partial charge on any atom is -0.448 e. The van der Waals surface area contributed by atoms with Crippen LogP contribution in [0.5, 0.6) is 0 Å². The zero-order chi connectivity index (χ0) is 16.2. The Bertz CT molecular complexity index is 620. The molecule has 2 rings (SSSR count). The van der Waals surface area contributed by atoms with Gasteiger partial charge in [-0.3, -0.25) is 9.69 Å². The third-order valence-electron chi connectivity index (χ3n) is 3.60. The van der Waals surface area contributed by atoms with Crippen LogP contribution < -0.4 is 15.4 Å². The van der Waals surface area contributed by atoms with Gasteiger partial charge in [-0.1, -0.05) is 0 Å². The van der Waals surface area contributed by atoms with Crippen molar-refractivity contribution < 1.29 is 17.6 Å². The molecule has 8 nitrogen and oxygen atoms in total. The second-order valence-corrected chi connectivity index (χ2v) is 6.91. The van der Waals surface area contributed by atoms with Crippen LogP contribution in [-0.2, 0) is 10.0 Å². The number of hydrogen-bond donors (Lipinski definition) is 3. The van der Waals surface area contributed by atoms with E-state index in [2.05, 4.69) is 20.3 Å². The Balaban J connectivity index is 1.92. The molecule has 1 fully saturated rings. The molecule has 22 heavy (non-hydrogen) atoms. The molecule has 0 unspecified atom stereocenters. The van der Waals surface area contributed by atoms with E-state index < -0.39 is 10.0 Å². The van der Waals surface area contributed by atoms with E-state index in [4.69, 9.17) is 4.42 Å². The maximum absolute atomic E-state index is 12.1. The van der Waals surface area contributed by atoms with Crippen LogP contribution in [0, 0.1) is 6.92 Å². The van der Waals surface area contributed by atoms with Crippen LogP contribution in [0.25, 0.3) is 0 Å². The Morgan fingerprint density at radius 1 is 1.41 bits per heavy atom. The number of nitrogens with zero attached hydrogens (tertiary/aromatic N) is 1. The fourth-order valence-electron chi connectivity index (χ4n) is 2.27. The predicted molar refractivity (Wildman–Crippen MR) is 81.3 cm³/mol. The fourth-order valence-corrected chi connectivity index (χ4v) is 2.98. The summed E-state index contributed by atoms with van der Waals surface area (Å²) in [6.45, 7) is 6.69. The SMILES string of the molecule is CNS(=O)(=O)c1cc(C(=O)NCCN2CCNCC2)c(C)o1. The molecular formula is C13H22N4O4S. The largest absolute Gasteiger partial charge is 0.448 e. The number of amides is 1. The van der Waals surface area contributed by atoms with Gasteiger partial charge in [0.15, 0.2) is 0 Å². The van der Waals surface area contributed by atoms with E-state index in [9.17, 15) is 13.2 Å². The van der Waals surface area contributed by atoms with Crippen molar-refractivity contribution >= 4 is 15.9 Å². The maximum atomic E-state index is 12.1. The molecule has 1 amide bonds. The van der Waals surface area contributed by atoms with E-state index >= 15 is 0 Å². The normalized spacial score (nSPS) is 16.6. The number of piperazine rings is 1. The summed E-state index contributed by atoms with van der Waals surface area (Å²) < 4.78 is 30.6. The van der Waals surface area contributed by atoms with Crippen LogP contribution in [0.4, 0.5) is 0 Å². The third kappa shape index (κ3) is 4.07. The van der Waals surface area contributed by atoms with Gasteiger partial charge in [-0.15, -0.1) is 0 Å². The molecule has 3 N–H and O–H groups in total. The van der Waals surface area contributed by atoms with Gasteiger partial charge in [0.2, 0.25) is 5.09 Å². The van der Waals surface area contributed by atoms with Gasteiger partial charge < -0.3 is 15.1 Å². The van der Waals surface area contributed by atoms with Crippen LogP contribution in [0.2, 0.25) is 0 Å². The van der Waals surface area contributed by atoms with Gasteiger partial charge in [0, 0.05) is 45.3 Å². The van der Waals surface area contributed by atoms with E-state index in [-0.39, 0.29) is 22.3 Å². The van der Waals surface area contributed by atoms with Gasteiger partial charge >= 0.3 is 0 Å². The summed E-state index contributed by atoms with van der Waals surface area (Å²) in [5, 5.41) is 5.81. The first kappa shape index (κ1) is 16.9. The number of rotatable bonds is 6. The molecule has 1 aliphatic heterocycles. The Kier molecular flexibility index (Phi) is 5.57. The van der Waals surface area contributed by atoms with Crippen LogP contribution in [0.3, 0.4) is 0 Å². The van der Waals surface area contributed by atoms with Crippen molar-refractivity contribution in [1.82, 2.24) is 20.3 Å². The quantitative estimate of drug-likeness (QED) is 0.626. The van der Waals surface area contributed by atoms with Crippen LogP contribution >= 0.6 is 0 Å². The zero-order valence-electron chi connectivity index (χ0n) is 12.8. The molecule has 2 heterocycles. The van der Waals surface area contributed by atoms with Crippen molar-refractivity contribution in [2.75, 3.05) is 46.3 Å². The summed E-state index contributed by atoms with van der Waals surface area (Å²) >= 11 is 0. The van der Waals surface area contributed by atoms with Crippen molar-refractivity contribution in [3.8, 4) is 0 Å². The minimum atomic E-state index is -3.68. The van der Waals surface area contributed by atoms with Crippen molar-refractivity contribution in [2.45, 2.75) is 12.0 Å². The van der Waals surface area contributed by atoms with Gasteiger partial charge in [0.25, 0.3) is 15.9 Å². The summed E-state index contributed by atoms with van der Waals surface area (Å²) in [6.07, 6.45) is 0. The minimum absolute atomic E-state index is 0.245. The molecular weight excluding hydrogens is 308 g/mol. The molecule has 0 saturated carbocycles. The molecule has 1 aliphatic rings. The summed E-state index contributed by atoms with van der Waals surface area (Å²) in [5.41, 5.74) is 0.245. The highest BCUT2D eigenvalue weighted by molar-refractivity contribution is 7.89. The molecule has 1 saturated heterocycles. The van der Waals surface area contributed by atoms with Gasteiger partial charge in [0.05, 0.1) is 5.56 Å². The molecule has 1 aromatic heterocycles. The second-order valence-electron chi connectivity index (χ2n) is 5.09. The number of nitrogens with one attached hydrogen (secondary N) is 3. The van der Waals surface area contributed by atoms with Crippen LogP contribution in [-0.4, -0.2) is 65.5 Å². The molecule has 0 radical (unpaired) electrons. The standard InChI is InChI=1S/C13H22N4O4S/c1-10-11(9-12(21-10)22(19,20)14-2)13(18)16-5-8-17-6-3-15-4-7-17/h9,14-15H,3-8H2,1-2H3,(H,16,18). The molecule has 0 atom stereocenters. The zero-order valence-corrected chi connectivity index (χ0v) is 13.6. The van der Waals surface area contributed by atoms with Gasteiger partial charge in [0.1, 0.15) is 5.76 Å². The number of carbonyl (C=O) groups excluding carboxylic acids is 1. The third-order valence-corrected chi connectivity index (χ3v) is 4.86. The topological polar surface area (TPSA) is 104 Å². The average molecular weight is 330 g/mol. The molecule has 124 valence electrons. The Labute approximate surface area is 130 Å². The van der Waals surface area contributed by atoms with Gasteiger partial charge in [-0.2, -0.15) is 0 Å². The first-order valence-corrected chi connectivity index (χ1v) is 8.67. The number of furan rings is 1. The van der Waals surface area contributed by atoms with E-state index in [0.29, 0.717) is 6.54 Å². The van der Waals surface area contributed by atoms with E-state index in [1.54, 1.807) is 6.92 Å². The van der Waals surface area contributed by atoms with Crippen LogP contribution in [0.1, 0.15) is 16.1 Å². The van der Waals surface area contributed by atoms with Crippen LogP contribution in [0.15, 0.2) is 15.6 Å². The summed E-state index contributed by atoms with van der Waals surface area (Å²) in [6, 6.07) is 1.25. The second kappa shape index (κ2) is 7.23. The molecule has 9 heteroatoms. The van der Waals surface area contributed by atoms with E-state index in [1.165, 1.54) is 13.1 Å². The lowest BCUT2D eigenvalue weighted by molar-refractivity contribution is 0.0945. The highest BCUT2D eigenvalue weighted by Gasteiger charge is 2.22. The highest BCUT2D eigenvalue weighted by atomic mass is 32.2. The smallest absolute Gasteiger partial charge is 0.273 e. The lowest BCUT2D eigenvalue weighted by atomic mass is 10.2. The monoisotopic (exact) mass is 330 g/mol. The molecule has 0 spiro atoms. The number of sulfonamides is 1. The lowest BCUT2D eigenvalue weighted by Gasteiger charge is -2.27. The summed E-state index contributed by atoms with van der Waals surface area (Å²) in [7, 11) is -2.39. The maximum Gasteiger partial charge on any atom is 0.273 e. The first-order chi connectivity index (χ1) is 10.4. The van der Waals surface area contributed by atoms with Crippen molar-refractivity contribution in [3.63, 3.8) is 0 Å². The van der Waals surface area contributed by atoms with Gasteiger partial charge in [-0.25, -0.2) is 13.1 Å². The Hall–Kier alpha value is -1.42. The number of aryl methyl sites for hydroxylation is 1. The van der Waals surface area contributed by atoms with Crippen molar-refractivity contribution in [3.05, 3.63) is 17.4 Å². The highest BCUT2D eigenvalue weighted by Crippen LogP contribution is 2.18. The number of hydrogen-bond acceptors (Lipinski definition) is 6. The van der Waals surface area contributed by atoms with E-state index in [1.807, 2.05) is 0 Å². The molecule has 1 aromatic rings. The summed E-state index contributed by atoms with van der Waals surface area (Å²) in [4.78, 5) is 14.4. The number of carbonyl (C=O) groups is 1. The Morgan fingerprint density at radius 2 is 2.09 bits per heavy atom. The predicted octanol–water partition coefficient (Wildman–Crippen LogP) is -0.869. The van der Waals surface area contributed by atoms with Gasteiger partial charge in [-0.05, 0) is 14.0 Å². The molecule has 0 aliphatic carbocycles. The fraction of sp³-hybridized carbons (Fsp3) is 0.615. The van der Waals surface area contributed by atoms with Crippen molar-refractivity contribution in [2.24, 2.45) is 0 Å². The molecule has 0 aromatic carbocycles. The average Bonchev–Trinajstić information content (AvgIpc) is 2.91. The lowest BCUT2D eigenvalue weighted by Crippen LogP contribution is -2.46. The van der Waals surface area contributed by atoms with Crippen molar-refractivity contribution in [1.29, 1.82) is 0 Å².